The average molecular weight is 197 g/mol. The number of rotatable bonds is 3. The van der Waals surface area contributed by atoms with Crippen molar-refractivity contribution in [1.29, 1.82) is 0 Å². The van der Waals surface area contributed by atoms with Gasteiger partial charge in [-0.15, -0.1) is 0 Å². The number of hydrogen-bond donors (Lipinski definition) is 1. The molecular formula is C13H27N. The molecule has 0 bridgehead atoms. The zero-order valence-corrected chi connectivity index (χ0v) is 10.3. The molecule has 0 aromatic carbocycles. The van der Waals surface area contributed by atoms with Gasteiger partial charge in [0, 0.05) is 6.04 Å². The molecule has 3 atom stereocenters. The van der Waals surface area contributed by atoms with E-state index in [9.17, 15) is 0 Å². The quantitative estimate of drug-likeness (QED) is 0.735. The van der Waals surface area contributed by atoms with E-state index in [2.05, 4.69) is 27.7 Å². The van der Waals surface area contributed by atoms with Crippen molar-refractivity contribution < 1.29 is 0 Å². The summed E-state index contributed by atoms with van der Waals surface area (Å²) in [4.78, 5) is 0. The molecule has 84 valence electrons. The molecule has 1 aliphatic carbocycles. The normalized spacial score (nSPS) is 30.6. The lowest BCUT2D eigenvalue weighted by molar-refractivity contribution is 0.230. The van der Waals surface area contributed by atoms with Crippen molar-refractivity contribution in [2.45, 2.75) is 65.8 Å². The summed E-state index contributed by atoms with van der Waals surface area (Å²) in [5.41, 5.74) is 6.39. The van der Waals surface area contributed by atoms with Gasteiger partial charge in [0.25, 0.3) is 0 Å². The second-order valence-electron chi connectivity index (χ2n) is 6.28. The van der Waals surface area contributed by atoms with Crippen molar-refractivity contribution in [2.24, 2.45) is 23.0 Å². The van der Waals surface area contributed by atoms with Crippen LogP contribution in [0.1, 0.15) is 59.8 Å². The maximum atomic E-state index is 5.92. The summed E-state index contributed by atoms with van der Waals surface area (Å²) in [5.74, 6) is 1.76. The molecule has 0 radical (unpaired) electrons. The third kappa shape index (κ3) is 3.61. The maximum absolute atomic E-state index is 5.92. The van der Waals surface area contributed by atoms with Gasteiger partial charge >= 0.3 is 0 Å². The van der Waals surface area contributed by atoms with Crippen molar-refractivity contribution in [1.82, 2.24) is 0 Å². The van der Waals surface area contributed by atoms with Crippen molar-refractivity contribution in [3.05, 3.63) is 0 Å². The van der Waals surface area contributed by atoms with E-state index < -0.39 is 0 Å². The Morgan fingerprint density at radius 3 is 2.36 bits per heavy atom. The molecule has 0 spiro atoms. The van der Waals surface area contributed by atoms with Crippen LogP contribution in [0.4, 0.5) is 0 Å². The average Bonchev–Trinajstić information content (AvgIpc) is 2.45. The fraction of sp³-hybridized carbons (Fsp3) is 1.00. The van der Waals surface area contributed by atoms with E-state index in [1.807, 2.05) is 0 Å². The molecule has 0 aromatic heterocycles. The zero-order valence-electron chi connectivity index (χ0n) is 10.3. The Morgan fingerprint density at radius 1 is 1.29 bits per heavy atom. The highest BCUT2D eigenvalue weighted by atomic mass is 14.6. The van der Waals surface area contributed by atoms with Crippen molar-refractivity contribution in [3.8, 4) is 0 Å². The number of hydrogen-bond acceptors (Lipinski definition) is 1. The smallest absolute Gasteiger partial charge is 0.00415 e. The largest absolute Gasteiger partial charge is 0.328 e. The Kier molecular flexibility index (Phi) is 4.00. The monoisotopic (exact) mass is 197 g/mol. The van der Waals surface area contributed by atoms with Gasteiger partial charge in [-0.3, -0.25) is 0 Å². The van der Waals surface area contributed by atoms with Crippen molar-refractivity contribution in [2.75, 3.05) is 0 Å². The highest BCUT2D eigenvalue weighted by molar-refractivity contribution is 4.79. The molecule has 0 amide bonds. The Morgan fingerprint density at radius 2 is 1.93 bits per heavy atom. The van der Waals surface area contributed by atoms with E-state index >= 15 is 0 Å². The van der Waals surface area contributed by atoms with Crippen LogP contribution in [0.3, 0.4) is 0 Å². The SMILES string of the molecule is CC(CCC1CCC(N)C1)C(C)(C)C. The van der Waals surface area contributed by atoms with Crippen LogP contribution in [-0.4, -0.2) is 6.04 Å². The predicted octanol–water partition coefficient (Wildman–Crippen LogP) is 3.58. The first kappa shape index (κ1) is 12.0. The first-order chi connectivity index (χ1) is 6.39. The Balaban J connectivity index is 2.21. The molecule has 2 N–H and O–H groups in total. The third-order valence-electron chi connectivity index (χ3n) is 4.07. The van der Waals surface area contributed by atoms with Crippen LogP contribution in [0.15, 0.2) is 0 Å². The lowest BCUT2D eigenvalue weighted by atomic mass is 9.78. The minimum Gasteiger partial charge on any atom is -0.328 e. The van der Waals surface area contributed by atoms with Gasteiger partial charge in [0.1, 0.15) is 0 Å². The Labute approximate surface area is 89.5 Å². The Hall–Kier alpha value is -0.0400. The van der Waals surface area contributed by atoms with Crippen LogP contribution >= 0.6 is 0 Å². The molecular weight excluding hydrogens is 170 g/mol. The summed E-state index contributed by atoms with van der Waals surface area (Å²) in [7, 11) is 0. The van der Waals surface area contributed by atoms with Crippen LogP contribution in [0.5, 0.6) is 0 Å². The first-order valence-corrected chi connectivity index (χ1v) is 6.15. The molecule has 1 rings (SSSR count). The summed E-state index contributed by atoms with van der Waals surface area (Å²) < 4.78 is 0. The second-order valence-corrected chi connectivity index (χ2v) is 6.28. The van der Waals surface area contributed by atoms with E-state index in [0.29, 0.717) is 11.5 Å². The highest BCUT2D eigenvalue weighted by Crippen LogP contribution is 2.34. The summed E-state index contributed by atoms with van der Waals surface area (Å²) in [6.07, 6.45) is 6.68. The molecule has 1 heteroatoms. The second kappa shape index (κ2) is 4.65. The number of nitrogens with two attached hydrogens (primary N) is 1. The van der Waals surface area contributed by atoms with Crippen LogP contribution in [0.25, 0.3) is 0 Å². The van der Waals surface area contributed by atoms with Gasteiger partial charge in [-0.05, 0) is 42.9 Å². The molecule has 14 heavy (non-hydrogen) atoms. The zero-order chi connectivity index (χ0) is 10.8. The standard InChI is InChI=1S/C13H27N/c1-10(13(2,3)4)5-6-11-7-8-12(14)9-11/h10-12H,5-9,14H2,1-4H3. The van der Waals surface area contributed by atoms with Gasteiger partial charge in [-0.1, -0.05) is 34.1 Å². The lowest BCUT2D eigenvalue weighted by Crippen LogP contribution is -2.18. The topological polar surface area (TPSA) is 26.0 Å². The molecule has 0 saturated heterocycles. The summed E-state index contributed by atoms with van der Waals surface area (Å²) in [6, 6.07) is 0.505. The van der Waals surface area contributed by atoms with Crippen LogP contribution in [-0.2, 0) is 0 Å². The maximum Gasteiger partial charge on any atom is 0.00415 e. The van der Waals surface area contributed by atoms with E-state index in [4.69, 9.17) is 5.73 Å². The van der Waals surface area contributed by atoms with E-state index in [0.717, 1.165) is 11.8 Å². The molecule has 1 nitrogen and oxygen atoms in total. The van der Waals surface area contributed by atoms with Gasteiger partial charge in [0.15, 0.2) is 0 Å². The first-order valence-electron chi connectivity index (χ1n) is 6.15. The van der Waals surface area contributed by atoms with Crippen molar-refractivity contribution in [3.63, 3.8) is 0 Å². The van der Waals surface area contributed by atoms with Gasteiger partial charge in [-0.25, -0.2) is 0 Å². The molecule has 1 fully saturated rings. The lowest BCUT2D eigenvalue weighted by Gasteiger charge is -2.28. The minimum atomic E-state index is 0.473. The van der Waals surface area contributed by atoms with Gasteiger partial charge in [-0.2, -0.15) is 0 Å². The minimum absolute atomic E-state index is 0.473. The third-order valence-corrected chi connectivity index (χ3v) is 4.07. The van der Waals surface area contributed by atoms with Crippen LogP contribution in [0.2, 0.25) is 0 Å². The molecule has 1 saturated carbocycles. The van der Waals surface area contributed by atoms with Crippen LogP contribution in [0, 0.1) is 17.3 Å². The van der Waals surface area contributed by atoms with Gasteiger partial charge < -0.3 is 5.73 Å². The van der Waals surface area contributed by atoms with E-state index in [-0.39, 0.29) is 0 Å². The summed E-state index contributed by atoms with van der Waals surface area (Å²) >= 11 is 0. The van der Waals surface area contributed by atoms with E-state index in [1.54, 1.807) is 0 Å². The fourth-order valence-electron chi connectivity index (χ4n) is 2.29. The summed E-state index contributed by atoms with van der Waals surface area (Å²) in [6.45, 7) is 9.42. The predicted molar refractivity (Wildman–Crippen MR) is 63.2 cm³/mol. The molecule has 3 unspecified atom stereocenters. The van der Waals surface area contributed by atoms with E-state index in [1.165, 1.54) is 32.1 Å². The Bertz CT molecular complexity index is 169. The molecule has 0 aromatic rings. The fourth-order valence-corrected chi connectivity index (χ4v) is 2.29. The summed E-state index contributed by atoms with van der Waals surface area (Å²) in [5, 5.41) is 0. The van der Waals surface area contributed by atoms with Crippen LogP contribution < -0.4 is 5.73 Å². The molecule has 0 aliphatic heterocycles. The van der Waals surface area contributed by atoms with Gasteiger partial charge in [0.05, 0.1) is 0 Å². The molecule has 1 aliphatic rings. The molecule has 0 heterocycles. The highest BCUT2D eigenvalue weighted by Gasteiger charge is 2.24. The van der Waals surface area contributed by atoms with Gasteiger partial charge in [0.2, 0.25) is 0 Å². The van der Waals surface area contributed by atoms with Crippen molar-refractivity contribution >= 4 is 0 Å².